The van der Waals surface area contributed by atoms with Crippen LogP contribution in [0.4, 0.5) is 27.6 Å². The number of fused-ring (bicyclic) bond motifs is 1. The third-order valence-corrected chi connectivity index (χ3v) is 7.66. The monoisotopic (exact) mass is 574 g/mol. The van der Waals surface area contributed by atoms with Crippen LogP contribution in [0.15, 0.2) is 33.9 Å². The molecule has 0 aliphatic carbocycles. The van der Waals surface area contributed by atoms with Crippen molar-refractivity contribution in [2.45, 2.75) is 48.3 Å². The molecule has 1 unspecified atom stereocenters. The van der Waals surface area contributed by atoms with Crippen molar-refractivity contribution in [2.24, 2.45) is 5.92 Å². The van der Waals surface area contributed by atoms with E-state index in [4.69, 9.17) is 9.26 Å². The van der Waals surface area contributed by atoms with E-state index in [1.165, 1.54) is 16.7 Å². The highest BCUT2D eigenvalue weighted by Crippen LogP contribution is 2.44. The lowest BCUT2D eigenvalue weighted by Crippen LogP contribution is -2.46. The number of rotatable bonds is 7. The Morgan fingerprint density at radius 3 is 2.74 bits per heavy atom. The number of alkyl halides is 5. The number of aromatic nitrogens is 3. The fraction of sp³-hybridized carbons (Fsp3) is 0.542. The number of amides is 1. The van der Waals surface area contributed by atoms with Gasteiger partial charge in [-0.1, -0.05) is 5.16 Å². The molecule has 3 aromatic heterocycles. The van der Waals surface area contributed by atoms with Crippen LogP contribution in [0.5, 0.6) is 0 Å². The Labute approximate surface area is 224 Å². The van der Waals surface area contributed by atoms with Gasteiger partial charge in [-0.3, -0.25) is 4.79 Å². The maximum Gasteiger partial charge on any atom is 0.447 e. The lowest BCUT2D eigenvalue weighted by Gasteiger charge is -2.33. The molecule has 15 heteroatoms. The highest BCUT2D eigenvalue weighted by atomic mass is 32.2. The molecular weight excluding hydrogens is 547 g/mol. The molecular formula is C24H27F5N6O3S. The van der Waals surface area contributed by atoms with Crippen molar-refractivity contribution in [1.29, 1.82) is 0 Å². The molecule has 2 aliphatic rings. The largest absolute Gasteiger partial charge is 0.447 e. The molecule has 3 aromatic rings. The predicted molar refractivity (Wildman–Crippen MR) is 133 cm³/mol. The molecule has 0 saturated carbocycles. The first kappa shape index (κ1) is 27.6. The fourth-order valence-electron chi connectivity index (χ4n) is 4.80. The standard InChI is InChI=1S/C24H27F5N6O3S/c1-34-8-4-16(15(25)12-34)30-17-3-2-7-35-18(17)11-14(23(35)39-24(27,28)29)20-32-22(38-33-20)19(26)31-21(36)13-5-9-37-10-6-13/h2-3,7,11,13,15-16,19,30H,4-6,8-10,12H2,1H3,(H,31,36)/t15-,16+,19?/m0/s1. The number of halogens is 5. The molecule has 2 aliphatic heterocycles. The van der Waals surface area contributed by atoms with Crippen molar-refractivity contribution in [3.63, 3.8) is 0 Å². The number of carbonyl (C=O) groups excluding carboxylic acids is 1. The van der Waals surface area contributed by atoms with Crippen LogP contribution in [-0.4, -0.2) is 76.4 Å². The van der Waals surface area contributed by atoms with E-state index in [1.54, 1.807) is 12.1 Å². The topological polar surface area (TPSA) is 96.9 Å². The summed E-state index contributed by atoms with van der Waals surface area (Å²) in [6, 6.07) is 4.10. The number of nitrogens with zero attached hydrogens (tertiary/aromatic N) is 4. The summed E-state index contributed by atoms with van der Waals surface area (Å²) in [5, 5.41) is 8.74. The summed E-state index contributed by atoms with van der Waals surface area (Å²) in [4.78, 5) is 18.2. The summed E-state index contributed by atoms with van der Waals surface area (Å²) in [6.07, 6.45) is -0.463. The van der Waals surface area contributed by atoms with Crippen molar-refractivity contribution in [2.75, 3.05) is 38.7 Å². The second-order valence-electron chi connectivity index (χ2n) is 9.62. The van der Waals surface area contributed by atoms with Crippen molar-refractivity contribution >= 4 is 28.9 Å². The first-order valence-corrected chi connectivity index (χ1v) is 13.3. The van der Waals surface area contributed by atoms with Gasteiger partial charge >= 0.3 is 5.51 Å². The van der Waals surface area contributed by atoms with Gasteiger partial charge in [-0.2, -0.15) is 18.2 Å². The van der Waals surface area contributed by atoms with Gasteiger partial charge in [0.1, 0.15) is 6.17 Å². The molecule has 1 amide bonds. The van der Waals surface area contributed by atoms with Gasteiger partial charge in [0.05, 0.1) is 27.8 Å². The SMILES string of the molecule is CN1CC[C@@H](Nc2cccn3c(SC(F)(F)F)c(-c4noc(C(F)NC(=O)C5CCOCC5)n4)cc23)[C@@H](F)C1. The quantitative estimate of drug-likeness (QED) is 0.241. The van der Waals surface area contributed by atoms with Crippen molar-refractivity contribution in [3.8, 4) is 11.4 Å². The minimum absolute atomic E-state index is 0.0512. The molecule has 212 valence electrons. The maximum atomic E-state index is 14.8. The van der Waals surface area contributed by atoms with Gasteiger partial charge in [-0.15, -0.1) is 0 Å². The van der Waals surface area contributed by atoms with Crippen LogP contribution < -0.4 is 10.6 Å². The summed E-state index contributed by atoms with van der Waals surface area (Å²) < 4.78 is 81.7. The summed E-state index contributed by atoms with van der Waals surface area (Å²) >= 11 is -0.381. The zero-order valence-corrected chi connectivity index (χ0v) is 21.7. The second-order valence-corrected chi connectivity index (χ2v) is 10.7. The van der Waals surface area contributed by atoms with Crippen LogP contribution in [0.25, 0.3) is 16.9 Å². The van der Waals surface area contributed by atoms with Crippen LogP contribution in [0.3, 0.4) is 0 Å². The molecule has 2 N–H and O–H groups in total. The number of ether oxygens (including phenoxy) is 1. The Bertz CT molecular complexity index is 1310. The first-order chi connectivity index (χ1) is 18.6. The van der Waals surface area contributed by atoms with Crippen LogP contribution >= 0.6 is 11.8 Å². The Morgan fingerprint density at radius 1 is 1.26 bits per heavy atom. The summed E-state index contributed by atoms with van der Waals surface area (Å²) in [5.74, 6) is -1.83. The van der Waals surface area contributed by atoms with E-state index < -0.39 is 41.7 Å². The minimum atomic E-state index is -4.66. The van der Waals surface area contributed by atoms with E-state index in [0.29, 0.717) is 50.2 Å². The Morgan fingerprint density at radius 2 is 2.03 bits per heavy atom. The molecule has 0 spiro atoms. The average molecular weight is 575 g/mol. The van der Waals surface area contributed by atoms with Crippen LogP contribution in [0.2, 0.25) is 0 Å². The van der Waals surface area contributed by atoms with Gasteiger partial charge < -0.3 is 29.2 Å². The van der Waals surface area contributed by atoms with E-state index in [-0.39, 0.29) is 34.7 Å². The van der Waals surface area contributed by atoms with Gasteiger partial charge in [-0.25, -0.2) is 8.78 Å². The molecule has 5 rings (SSSR count). The first-order valence-electron chi connectivity index (χ1n) is 12.4. The van der Waals surface area contributed by atoms with Gasteiger partial charge in [0.15, 0.2) is 0 Å². The number of likely N-dealkylation sites (tertiary alicyclic amines) is 1. The van der Waals surface area contributed by atoms with Crippen LogP contribution in [0.1, 0.15) is 31.4 Å². The van der Waals surface area contributed by atoms with Crippen molar-refractivity contribution in [1.82, 2.24) is 24.8 Å². The van der Waals surface area contributed by atoms with Crippen molar-refractivity contribution < 1.29 is 36.0 Å². The molecule has 2 fully saturated rings. The molecule has 0 aromatic carbocycles. The molecule has 0 radical (unpaired) electrons. The number of carbonyl (C=O) groups is 1. The zero-order valence-electron chi connectivity index (χ0n) is 20.9. The van der Waals surface area contributed by atoms with Crippen LogP contribution in [-0.2, 0) is 9.53 Å². The average Bonchev–Trinajstić information content (AvgIpc) is 3.51. The molecule has 9 nitrogen and oxygen atoms in total. The Hall–Kier alpha value is -2.91. The Balaban J connectivity index is 1.44. The Kier molecular flexibility index (Phi) is 8.01. The molecule has 0 bridgehead atoms. The van der Waals surface area contributed by atoms with E-state index >= 15 is 0 Å². The van der Waals surface area contributed by atoms with Gasteiger partial charge in [0.2, 0.25) is 11.7 Å². The lowest BCUT2D eigenvalue weighted by molar-refractivity contribution is -0.130. The molecule has 39 heavy (non-hydrogen) atoms. The summed E-state index contributed by atoms with van der Waals surface area (Å²) in [6.45, 7) is 1.69. The number of piperidine rings is 1. The zero-order chi connectivity index (χ0) is 27.7. The maximum absolute atomic E-state index is 14.8. The van der Waals surface area contributed by atoms with Gasteiger partial charge in [-0.05, 0) is 44.5 Å². The number of thioether (sulfide) groups is 1. The van der Waals surface area contributed by atoms with Crippen molar-refractivity contribution in [3.05, 3.63) is 30.3 Å². The number of hydrogen-bond donors (Lipinski definition) is 2. The molecule has 2 saturated heterocycles. The predicted octanol–water partition coefficient (Wildman–Crippen LogP) is 4.57. The highest BCUT2D eigenvalue weighted by Gasteiger charge is 2.35. The van der Waals surface area contributed by atoms with Crippen LogP contribution in [0, 0.1) is 5.92 Å². The normalized spacial score (nSPS) is 22.2. The summed E-state index contributed by atoms with van der Waals surface area (Å²) in [7, 11) is 1.82. The van der Waals surface area contributed by atoms with E-state index in [2.05, 4.69) is 20.8 Å². The second kappa shape index (κ2) is 11.3. The number of pyridine rings is 1. The smallest absolute Gasteiger partial charge is 0.381 e. The lowest BCUT2D eigenvalue weighted by atomic mass is 9.99. The number of hydrogen-bond acceptors (Lipinski definition) is 8. The van der Waals surface area contributed by atoms with Gasteiger partial charge in [0, 0.05) is 50.2 Å². The molecule has 5 heterocycles. The number of anilines is 1. The fourth-order valence-corrected chi connectivity index (χ4v) is 5.54. The van der Waals surface area contributed by atoms with E-state index in [1.807, 2.05) is 11.9 Å². The van der Waals surface area contributed by atoms with E-state index in [9.17, 15) is 26.7 Å². The molecule has 3 atom stereocenters. The van der Waals surface area contributed by atoms with Gasteiger partial charge in [0.25, 0.3) is 12.2 Å². The highest BCUT2D eigenvalue weighted by molar-refractivity contribution is 8.00. The van der Waals surface area contributed by atoms with E-state index in [0.717, 1.165) is 0 Å². The summed E-state index contributed by atoms with van der Waals surface area (Å²) in [5.41, 5.74) is -3.94. The minimum Gasteiger partial charge on any atom is -0.381 e. The third kappa shape index (κ3) is 6.30. The number of nitrogens with one attached hydrogen (secondary N) is 2. The third-order valence-electron chi connectivity index (χ3n) is 6.82.